The summed E-state index contributed by atoms with van der Waals surface area (Å²) in [6.45, 7) is 4.72. The molecule has 0 spiro atoms. The van der Waals surface area contributed by atoms with Gasteiger partial charge in [-0.25, -0.2) is 22.2 Å². The van der Waals surface area contributed by atoms with E-state index in [1.807, 2.05) is 11.8 Å². The fourth-order valence-corrected chi connectivity index (χ4v) is 11.3. The monoisotopic (exact) mass is 705 g/mol. The van der Waals surface area contributed by atoms with Crippen LogP contribution in [0.3, 0.4) is 0 Å². The van der Waals surface area contributed by atoms with Gasteiger partial charge in [0, 0.05) is 53.0 Å². The van der Waals surface area contributed by atoms with Crippen LogP contribution in [0.5, 0.6) is 0 Å². The number of amides is 1. The van der Waals surface area contributed by atoms with Crippen molar-refractivity contribution in [2.24, 2.45) is 17.8 Å². The highest BCUT2D eigenvalue weighted by Gasteiger charge is 2.52. The van der Waals surface area contributed by atoms with E-state index in [1.165, 1.54) is 0 Å². The molecule has 1 saturated carbocycles. The molecule has 1 amide bonds. The second-order valence-electron chi connectivity index (χ2n) is 14.1. The zero-order valence-corrected chi connectivity index (χ0v) is 29.1. The molecule has 9 atom stereocenters. The summed E-state index contributed by atoms with van der Waals surface area (Å²) in [5, 5.41) is 3.74. The number of aryl methyl sites for hydroxylation is 2. The number of aromatic nitrogens is 2. The number of carbonyl (C=O) groups is 1. The van der Waals surface area contributed by atoms with Crippen LogP contribution >= 0.6 is 23.4 Å². The molecule has 6 rings (SSSR count). The molecule has 2 N–H and O–H groups in total. The van der Waals surface area contributed by atoms with Crippen LogP contribution in [-0.2, 0) is 38.9 Å². The number of carbonyl (C=O) groups excluding carboxylic acids is 1. The first-order valence-corrected chi connectivity index (χ1v) is 19.9. The summed E-state index contributed by atoms with van der Waals surface area (Å²) in [4.78, 5) is 33.2. The highest BCUT2D eigenvalue weighted by molar-refractivity contribution is 8.00. The minimum atomic E-state index is -3.65. The van der Waals surface area contributed by atoms with Crippen LogP contribution in [0.25, 0.3) is 0 Å². The van der Waals surface area contributed by atoms with Gasteiger partial charge in [0.25, 0.3) is 11.5 Å². The maximum absolute atomic E-state index is 13.9. The summed E-state index contributed by atoms with van der Waals surface area (Å²) in [5.41, 5.74) is 1.33. The summed E-state index contributed by atoms with van der Waals surface area (Å²) in [6, 6.07) is -0.0699. The third-order valence-corrected chi connectivity index (χ3v) is 13.3. The standard InChI is InChI=1S/C31H46ClF2N5O5S2/c1-17-12-22(28-27(35-17)24(15-45-28)29(40)37-46(3,42)43)21-13-19(32)4-7-26(21)44-11-10-39-18(2)36-25-6-5-20(14-23(25)30(39)41)38-9-8-31(33,34)16-38/h17,19-22,24,26-28,35H,4-16H2,1-3H3,(H,37,40). The minimum absolute atomic E-state index is 0.0300. The molecule has 258 valence electrons. The molecular formula is C31H46ClF2N5O5S2. The van der Waals surface area contributed by atoms with Crippen LogP contribution in [0.4, 0.5) is 8.78 Å². The number of alkyl halides is 3. The summed E-state index contributed by atoms with van der Waals surface area (Å²) in [5.74, 6) is -1.99. The third kappa shape index (κ3) is 7.46. The minimum Gasteiger partial charge on any atom is -0.376 e. The summed E-state index contributed by atoms with van der Waals surface area (Å²) in [6.07, 6.45) is 5.93. The molecule has 4 heterocycles. The lowest BCUT2D eigenvalue weighted by molar-refractivity contribution is -0.123. The van der Waals surface area contributed by atoms with Crippen molar-refractivity contribution in [1.29, 1.82) is 0 Å². The number of hydrogen-bond donors (Lipinski definition) is 2. The zero-order valence-electron chi connectivity index (χ0n) is 26.7. The van der Waals surface area contributed by atoms with Gasteiger partial charge in [-0.3, -0.25) is 23.8 Å². The van der Waals surface area contributed by atoms with E-state index >= 15 is 0 Å². The number of hydrogen-bond acceptors (Lipinski definition) is 9. The number of nitrogens with zero attached hydrogens (tertiary/aromatic N) is 3. The fraction of sp³-hybridized carbons (Fsp3) is 0.839. The number of halogens is 3. The van der Waals surface area contributed by atoms with Crippen molar-refractivity contribution < 1.29 is 26.7 Å². The Balaban J connectivity index is 1.13. The van der Waals surface area contributed by atoms with Gasteiger partial charge in [0.05, 0.1) is 43.7 Å². The smallest absolute Gasteiger partial charge is 0.261 e. The Morgan fingerprint density at radius 2 is 2.02 bits per heavy atom. The Morgan fingerprint density at radius 1 is 1.24 bits per heavy atom. The first-order valence-electron chi connectivity index (χ1n) is 16.5. The Kier molecular flexibility index (Phi) is 10.2. The highest BCUT2D eigenvalue weighted by atomic mass is 35.5. The lowest BCUT2D eigenvalue weighted by Crippen LogP contribution is -2.58. The summed E-state index contributed by atoms with van der Waals surface area (Å²) < 4.78 is 61.8. The Bertz CT molecular complexity index is 1480. The Labute approximate surface area is 279 Å². The van der Waals surface area contributed by atoms with E-state index in [1.54, 1.807) is 16.3 Å². The maximum Gasteiger partial charge on any atom is 0.261 e. The van der Waals surface area contributed by atoms with Gasteiger partial charge in [-0.1, -0.05) is 0 Å². The predicted octanol–water partition coefficient (Wildman–Crippen LogP) is 2.72. The molecular weight excluding hydrogens is 660 g/mol. The summed E-state index contributed by atoms with van der Waals surface area (Å²) >= 11 is 8.46. The van der Waals surface area contributed by atoms with Crippen molar-refractivity contribution in [3.8, 4) is 0 Å². The average Bonchev–Trinajstić information content (AvgIpc) is 3.56. The number of nitrogens with one attached hydrogen (secondary N) is 2. The van der Waals surface area contributed by atoms with E-state index in [2.05, 4.69) is 17.0 Å². The first kappa shape index (κ1) is 34.5. The molecule has 0 aromatic carbocycles. The SMILES string of the molecule is Cc1nc2c(c(=O)n1CCOC1CCC(Cl)CC1C1CC(C)NC3C(C(=O)NS(C)(=O)=O)CSC13)CC(N1CCC(F)(F)C1)CC2. The molecule has 1 aromatic rings. The zero-order chi connectivity index (χ0) is 33.0. The van der Waals surface area contributed by atoms with Crippen LogP contribution in [0.1, 0.15) is 62.5 Å². The molecule has 2 aliphatic carbocycles. The number of thioether (sulfide) groups is 1. The summed E-state index contributed by atoms with van der Waals surface area (Å²) in [7, 11) is -3.65. The molecule has 46 heavy (non-hydrogen) atoms. The average molecular weight is 706 g/mol. The van der Waals surface area contributed by atoms with Crippen molar-refractivity contribution in [2.75, 3.05) is 31.7 Å². The molecule has 3 aliphatic heterocycles. The van der Waals surface area contributed by atoms with Crippen LogP contribution in [0.15, 0.2) is 4.79 Å². The molecule has 0 radical (unpaired) electrons. The van der Waals surface area contributed by atoms with Gasteiger partial charge in [0.1, 0.15) is 5.82 Å². The van der Waals surface area contributed by atoms with E-state index in [-0.39, 0.29) is 65.2 Å². The van der Waals surface area contributed by atoms with E-state index < -0.39 is 27.8 Å². The molecule has 4 fully saturated rings. The van der Waals surface area contributed by atoms with E-state index in [0.29, 0.717) is 49.7 Å². The lowest BCUT2D eigenvalue weighted by Gasteiger charge is -2.47. The third-order valence-electron chi connectivity index (χ3n) is 10.8. The van der Waals surface area contributed by atoms with Gasteiger partial charge in [-0.2, -0.15) is 11.8 Å². The van der Waals surface area contributed by atoms with E-state index in [4.69, 9.17) is 21.3 Å². The largest absolute Gasteiger partial charge is 0.376 e. The molecule has 1 aromatic heterocycles. The Morgan fingerprint density at radius 3 is 2.74 bits per heavy atom. The van der Waals surface area contributed by atoms with Gasteiger partial charge < -0.3 is 10.1 Å². The van der Waals surface area contributed by atoms with Crippen LogP contribution < -0.4 is 15.6 Å². The predicted molar refractivity (Wildman–Crippen MR) is 174 cm³/mol. The fourth-order valence-electron chi connectivity index (χ4n) is 8.64. The molecule has 5 aliphatic rings. The van der Waals surface area contributed by atoms with Crippen LogP contribution in [-0.4, -0.2) is 101 Å². The second-order valence-corrected chi connectivity index (χ2v) is 17.7. The number of sulfonamides is 1. The lowest BCUT2D eigenvalue weighted by atomic mass is 9.70. The van der Waals surface area contributed by atoms with Crippen LogP contribution in [0, 0.1) is 24.7 Å². The van der Waals surface area contributed by atoms with Crippen molar-refractivity contribution in [3.63, 3.8) is 0 Å². The van der Waals surface area contributed by atoms with Crippen molar-refractivity contribution in [1.82, 2.24) is 24.5 Å². The topological polar surface area (TPSA) is 123 Å². The van der Waals surface area contributed by atoms with Crippen molar-refractivity contribution in [2.45, 2.75) is 113 Å². The number of rotatable bonds is 8. The second kappa shape index (κ2) is 13.5. The number of ether oxygens (including phenoxy) is 1. The van der Waals surface area contributed by atoms with Crippen LogP contribution in [0.2, 0.25) is 0 Å². The molecule has 15 heteroatoms. The molecule has 3 saturated heterocycles. The van der Waals surface area contributed by atoms with E-state index in [0.717, 1.165) is 44.1 Å². The Hall–Kier alpha value is -1.32. The number of likely N-dealkylation sites (tertiary alicyclic amines) is 1. The highest BCUT2D eigenvalue weighted by Crippen LogP contribution is 2.48. The van der Waals surface area contributed by atoms with Crippen molar-refractivity contribution >= 4 is 39.3 Å². The molecule has 9 unspecified atom stereocenters. The van der Waals surface area contributed by atoms with E-state index in [9.17, 15) is 26.8 Å². The maximum atomic E-state index is 13.9. The van der Waals surface area contributed by atoms with Gasteiger partial charge in [-0.15, -0.1) is 11.6 Å². The molecule has 0 bridgehead atoms. The van der Waals surface area contributed by atoms with Crippen molar-refractivity contribution in [3.05, 3.63) is 27.4 Å². The number of piperidine rings is 1. The van der Waals surface area contributed by atoms with Gasteiger partial charge in [0.15, 0.2) is 0 Å². The molecule has 10 nitrogen and oxygen atoms in total. The van der Waals surface area contributed by atoms with Gasteiger partial charge in [0.2, 0.25) is 15.9 Å². The van der Waals surface area contributed by atoms with Gasteiger partial charge in [-0.05, 0) is 70.6 Å². The number of fused-ring (bicyclic) bond motifs is 2. The normalized spacial score (nSPS) is 36.3. The van der Waals surface area contributed by atoms with Gasteiger partial charge >= 0.3 is 0 Å². The quantitative estimate of drug-likeness (QED) is 0.394. The first-order chi connectivity index (χ1) is 21.7.